The van der Waals surface area contributed by atoms with Crippen molar-refractivity contribution in [2.75, 3.05) is 6.54 Å². The first kappa shape index (κ1) is 14.3. The molecule has 102 valence electrons. The van der Waals surface area contributed by atoms with Crippen molar-refractivity contribution < 1.29 is 0 Å². The number of aryl methyl sites for hydroxylation is 1. The summed E-state index contributed by atoms with van der Waals surface area (Å²) in [5, 5.41) is 4.64. The lowest BCUT2D eigenvalue weighted by atomic mass is 10.1. The number of benzene rings is 1. The average Bonchev–Trinajstić information content (AvgIpc) is 2.67. The maximum Gasteiger partial charge on any atom is 0.0660 e. The van der Waals surface area contributed by atoms with Crippen molar-refractivity contribution in [2.45, 2.75) is 33.6 Å². The second-order valence-corrected chi connectivity index (χ2v) is 5.58. The van der Waals surface area contributed by atoms with Gasteiger partial charge in [-0.1, -0.05) is 28.9 Å². The minimum Gasteiger partial charge on any atom is -0.330 e. The lowest BCUT2D eigenvalue weighted by Gasteiger charge is -2.08. The van der Waals surface area contributed by atoms with Crippen LogP contribution in [0.3, 0.4) is 0 Å². The summed E-state index contributed by atoms with van der Waals surface area (Å²) in [6, 6.07) is 6.34. The Bertz CT molecular complexity index is 587. The molecule has 0 unspecified atom stereocenters. The summed E-state index contributed by atoms with van der Waals surface area (Å²) in [4.78, 5) is 0. The van der Waals surface area contributed by atoms with Crippen LogP contribution in [0.5, 0.6) is 0 Å². The zero-order chi connectivity index (χ0) is 14.0. The monoisotopic (exact) mass is 321 g/mol. The number of hydrogen-bond donors (Lipinski definition) is 1. The Labute approximate surface area is 122 Å². The molecule has 1 aromatic carbocycles. The molecule has 0 amide bonds. The highest BCUT2D eigenvalue weighted by molar-refractivity contribution is 9.10. The van der Waals surface area contributed by atoms with E-state index in [0.29, 0.717) is 6.54 Å². The van der Waals surface area contributed by atoms with Gasteiger partial charge in [0, 0.05) is 10.2 Å². The van der Waals surface area contributed by atoms with E-state index >= 15 is 0 Å². The molecule has 1 aromatic heterocycles. The van der Waals surface area contributed by atoms with Crippen molar-refractivity contribution in [3.63, 3.8) is 0 Å². The minimum atomic E-state index is 0.665. The summed E-state index contributed by atoms with van der Waals surface area (Å²) in [5.74, 6) is 0. The van der Waals surface area contributed by atoms with Gasteiger partial charge in [0.2, 0.25) is 0 Å². The van der Waals surface area contributed by atoms with E-state index in [0.717, 1.165) is 28.7 Å². The second-order valence-electron chi connectivity index (χ2n) is 4.73. The summed E-state index contributed by atoms with van der Waals surface area (Å²) < 4.78 is 3.12. The minimum absolute atomic E-state index is 0.665. The van der Waals surface area contributed by atoms with Crippen LogP contribution in [0.2, 0.25) is 0 Å². The van der Waals surface area contributed by atoms with Crippen LogP contribution in [0.1, 0.15) is 29.4 Å². The Morgan fingerprint density at radius 2 is 2.05 bits per heavy atom. The fraction of sp³-hybridized carbons (Fsp3) is 0.400. The smallest absolute Gasteiger partial charge is 0.0660 e. The molecule has 0 radical (unpaired) electrons. The molecule has 0 fully saturated rings. The van der Waals surface area contributed by atoms with Crippen molar-refractivity contribution in [3.05, 3.63) is 45.2 Å². The number of aromatic nitrogens is 2. The van der Waals surface area contributed by atoms with Crippen molar-refractivity contribution in [1.29, 1.82) is 0 Å². The van der Waals surface area contributed by atoms with Crippen LogP contribution in [0.25, 0.3) is 5.69 Å². The Kier molecular flexibility index (Phi) is 4.42. The molecule has 2 aromatic rings. The van der Waals surface area contributed by atoms with Gasteiger partial charge in [0.25, 0.3) is 0 Å². The van der Waals surface area contributed by atoms with E-state index in [2.05, 4.69) is 60.0 Å². The van der Waals surface area contributed by atoms with Crippen molar-refractivity contribution >= 4 is 15.9 Å². The predicted molar refractivity (Wildman–Crippen MR) is 82.9 cm³/mol. The van der Waals surface area contributed by atoms with Crippen LogP contribution >= 0.6 is 15.9 Å². The summed E-state index contributed by atoms with van der Waals surface area (Å²) >= 11 is 3.62. The summed E-state index contributed by atoms with van der Waals surface area (Å²) in [5.41, 5.74) is 11.6. The number of hydrogen-bond acceptors (Lipinski definition) is 2. The summed E-state index contributed by atoms with van der Waals surface area (Å²) in [7, 11) is 0. The molecule has 19 heavy (non-hydrogen) atoms. The van der Waals surface area contributed by atoms with Crippen molar-refractivity contribution in [3.8, 4) is 5.69 Å². The van der Waals surface area contributed by atoms with E-state index in [-0.39, 0.29) is 0 Å². The van der Waals surface area contributed by atoms with Crippen molar-refractivity contribution in [2.24, 2.45) is 5.73 Å². The van der Waals surface area contributed by atoms with Crippen LogP contribution in [-0.4, -0.2) is 16.3 Å². The number of halogens is 1. The van der Waals surface area contributed by atoms with Gasteiger partial charge in [0.05, 0.1) is 11.4 Å². The molecule has 4 heteroatoms. The molecule has 1 heterocycles. The maximum atomic E-state index is 5.61. The highest BCUT2D eigenvalue weighted by atomic mass is 79.9. The number of nitrogens with two attached hydrogens (primary N) is 1. The fourth-order valence-corrected chi connectivity index (χ4v) is 3.03. The van der Waals surface area contributed by atoms with Gasteiger partial charge in [0.15, 0.2) is 0 Å². The molecular weight excluding hydrogens is 302 g/mol. The molecule has 0 saturated carbocycles. The third-order valence-corrected chi connectivity index (χ3v) is 4.23. The topological polar surface area (TPSA) is 43.8 Å². The number of rotatable bonds is 4. The highest BCUT2D eigenvalue weighted by Gasteiger charge is 2.12. The predicted octanol–water partition coefficient (Wildman–Crippen LogP) is 3.32. The Morgan fingerprint density at radius 3 is 2.58 bits per heavy atom. The fourth-order valence-electron chi connectivity index (χ4n) is 2.46. The molecule has 0 aliphatic rings. The van der Waals surface area contributed by atoms with E-state index in [1.807, 2.05) is 4.68 Å². The van der Waals surface area contributed by atoms with Gasteiger partial charge in [-0.2, -0.15) is 5.10 Å². The average molecular weight is 322 g/mol. The van der Waals surface area contributed by atoms with Gasteiger partial charge in [0.1, 0.15) is 0 Å². The van der Waals surface area contributed by atoms with Crippen LogP contribution < -0.4 is 5.73 Å². The van der Waals surface area contributed by atoms with Crippen molar-refractivity contribution in [1.82, 2.24) is 9.78 Å². The van der Waals surface area contributed by atoms with Gasteiger partial charge in [-0.05, 0) is 56.5 Å². The quantitative estimate of drug-likeness (QED) is 0.938. The summed E-state index contributed by atoms with van der Waals surface area (Å²) in [6.07, 6.45) is 1.91. The van der Waals surface area contributed by atoms with E-state index in [1.54, 1.807) is 0 Å². The Balaban J connectivity index is 2.45. The highest BCUT2D eigenvalue weighted by Crippen LogP contribution is 2.24. The van der Waals surface area contributed by atoms with Crippen LogP contribution in [0, 0.1) is 13.8 Å². The first-order valence-corrected chi connectivity index (χ1v) is 7.41. The zero-order valence-corrected chi connectivity index (χ0v) is 13.3. The second kappa shape index (κ2) is 5.88. The molecule has 3 nitrogen and oxygen atoms in total. The third kappa shape index (κ3) is 2.74. The molecule has 0 saturated heterocycles. The Morgan fingerprint density at radius 1 is 1.32 bits per heavy atom. The van der Waals surface area contributed by atoms with Crippen LogP contribution in [-0.2, 0) is 12.8 Å². The van der Waals surface area contributed by atoms with E-state index in [9.17, 15) is 0 Å². The first-order chi connectivity index (χ1) is 9.08. The Hall–Kier alpha value is -1.13. The van der Waals surface area contributed by atoms with Crippen LogP contribution in [0.4, 0.5) is 0 Å². The SMILES string of the molecule is CCc1c(C)nn(-c2ccc(CCN)c(Br)c2)c1C. The van der Waals surface area contributed by atoms with Crippen LogP contribution in [0.15, 0.2) is 22.7 Å². The van der Waals surface area contributed by atoms with Gasteiger partial charge in [-0.15, -0.1) is 0 Å². The lowest BCUT2D eigenvalue weighted by molar-refractivity contribution is 0.830. The lowest BCUT2D eigenvalue weighted by Crippen LogP contribution is -2.05. The third-order valence-electron chi connectivity index (χ3n) is 3.49. The molecular formula is C15H20BrN3. The summed E-state index contributed by atoms with van der Waals surface area (Å²) in [6.45, 7) is 7.03. The molecule has 0 bridgehead atoms. The normalized spacial score (nSPS) is 11.0. The van der Waals surface area contributed by atoms with E-state index < -0.39 is 0 Å². The van der Waals surface area contributed by atoms with Gasteiger partial charge in [-0.3, -0.25) is 0 Å². The van der Waals surface area contributed by atoms with E-state index in [4.69, 9.17) is 5.73 Å². The molecule has 2 N–H and O–H groups in total. The standard InChI is InChI=1S/C15H20BrN3/c1-4-14-10(2)18-19(11(14)3)13-6-5-12(7-8-17)15(16)9-13/h5-6,9H,4,7-8,17H2,1-3H3. The van der Waals surface area contributed by atoms with Gasteiger partial charge >= 0.3 is 0 Å². The van der Waals surface area contributed by atoms with E-state index in [1.165, 1.54) is 16.8 Å². The molecule has 0 aliphatic heterocycles. The molecule has 0 spiro atoms. The van der Waals surface area contributed by atoms with Gasteiger partial charge in [-0.25, -0.2) is 4.68 Å². The maximum absolute atomic E-state index is 5.61. The van der Waals surface area contributed by atoms with Gasteiger partial charge < -0.3 is 5.73 Å². The largest absolute Gasteiger partial charge is 0.330 e. The molecule has 0 aliphatic carbocycles. The molecule has 2 rings (SSSR count). The zero-order valence-electron chi connectivity index (χ0n) is 11.7. The number of nitrogens with zero attached hydrogens (tertiary/aromatic N) is 2. The molecule has 0 atom stereocenters. The first-order valence-electron chi connectivity index (χ1n) is 6.62.